The molecule has 6 rings (SSSR count). The van der Waals surface area contributed by atoms with Crippen LogP contribution >= 0.6 is 0 Å². The van der Waals surface area contributed by atoms with Gasteiger partial charge < -0.3 is 5.32 Å². The molecule has 1 aliphatic rings. The van der Waals surface area contributed by atoms with E-state index in [1.807, 2.05) is 36.4 Å². The summed E-state index contributed by atoms with van der Waals surface area (Å²) < 4.78 is 1.76. The average Bonchev–Trinajstić information content (AvgIpc) is 3.13. The van der Waals surface area contributed by atoms with Gasteiger partial charge in [0.15, 0.2) is 0 Å². The summed E-state index contributed by atoms with van der Waals surface area (Å²) >= 11 is 0. The van der Waals surface area contributed by atoms with Gasteiger partial charge in [0.2, 0.25) is 0 Å². The molecule has 5 aromatic rings. The first-order chi connectivity index (χ1) is 13.8. The molecule has 4 nitrogen and oxygen atoms in total. The van der Waals surface area contributed by atoms with E-state index >= 15 is 0 Å². The lowest BCUT2D eigenvalue weighted by atomic mass is 9.94. The van der Waals surface area contributed by atoms with Crippen LogP contribution in [0.15, 0.2) is 59.4 Å². The first-order valence-electron chi connectivity index (χ1n) is 10.2. The number of anilines is 1. The van der Waals surface area contributed by atoms with E-state index in [0.29, 0.717) is 6.04 Å². The molecule has 0 saturated heterocycles. The van der Waals surface area contributed by atoms with Gasteiger partial charge in [-0.25, -0.2) is 4.98 Å². The zero-order valence-electron chi connectivity index (χ0n) is 15.6. The van der Waals surface area contributed by atoms with E-state index in [1.54, 1.807) is 4.40 Å². The maximum absolute atomic E-state index is 13.4. The monoisotopic (exact) mass is 367 g/mol. The van der Waals surface area contributed by atoms with E-state index < -0.39 is 0 Å². The molecule has 1 N–H and O–H groups in total. The maximum Gasteiger partial charge on any atom is 0.264 e. The second kappa shape index (κ2) is 5.93. The van der Waals surface area contributed by atoms with Crippen LogP contribution in [0, 0.1) is 0 Å². The lowest BCUT2D eigenvalue weighted by molar-refractivity contribution is 0.463. The van der Waals surface area contributed by atoms with Gasteiger partial charge in [0.05, 0.1) is 11.0 Å². The number of fused-ring (bicyclic) bond motifs is 4. The summed E-state index contributed by atoms with van der Waals surface area (Å²) in [4.78, 5) is 18.2. The van der Waals surface area contributed by atoms with Crippen molar-refractivity contribution in [3.05, 3.63) is 65.0 Å². The molecule has 0 bridgehead atoms. The minimum Gasteiger partial charge on any atom is -0.382 e. The molecule has 0 atom stereocenters. The van der Waals surface area contributed by atoms with Crippen molar-refractivity contribution in [1.29, 1.82) is 0 Å². The molecule has 0 amide bonds. The molecule has 0 unspecified atom stereocenters. The number of aromatic nitrogens is 2. The molecule has 28 heavy (non-hydrogen) atoms. The van der Waals surface area contributed by atoms with Crippen LogP contribution in [0.2, 0.25) is 0 Å². The second-order valence-corrected chi connectivity index (χ2v) is 7.93. The van der Waals surface area contributed by atoms with Crippen LogP contribution in [-0.2, 0) is 0 Å². The molecule has 138 valence electrons. The molecule has 1 saturated carbocycles. The standard InChI is InChI=1S/C24H21N3O/c28-24-18-10-6-9-16-19(25-15-7-2-1-3-8-15)14-13-17(22(16)18)23-26-20-11-4-5-12-21(20)27(23)24/h4-6,9-15,25H,1-3,7-8H2. The molecular formula is C24H21N3O. The van der Waals surface area contributed by atoms with Crippen LogP contribution in [0.1, 0.15) is 32.1 Å². The molecule has 3 aromatic carbocycles. The Labute approximate surface area is 162 Å². The quantitative estimate of drug-likeness (QED) is 0.458. The van der Waals surface area contributed by atoms with E-state index in [4.69, 9.17) is 4.98 Å². The highest BCUT2D eigenvalue weighted by atomic mass is 16.1. The summed E-state index contributed by atoms with van der Waals surface area (Å²) in [6, 6.07) is 18.7. The van der Waals surface area contributed by atoms with Crippen LogP contribution in [-0.4, -0.2) is 15.4 Å². The molecule has 0 radical (unpaired) electrons. The fraction of sp³-hybridized carbons (Fsp3) is 0.250. The van der Waals surface area contributed by atoms with Crippen molar-refractivity contribution >= 4 is 43.9 Å². The van der Waals surface area contributed by atoms with Crippen molar-refractivity contribution in [2.24, 2.45) is 0 Å². The van der Waals surface area contributed by atoms with Crippen molar-refractivity contribution in [2.75, 3.05) is 5.32 Å². The summed E-state index contributed by atoms with van der Waals surface area (Å²) in [6.07, 6.45) is 6.37. The fourth-order valence-corrected chi connectivity index (χ4v) is 4.90. The highest BCUT2D eigenvalue weighted by Crippen LogP contribution is 2.35. The third-order valence-corrected chi connectivity index (χ3v) is 6.24. The predicted molar refractivity (Wildman–Crippen MR) is 116 cm³/mol. The SMILES string of the molecule is O=c1c2cccc3c(NC4CCCCC4)ccc(c32)c2nc3ccccc3n12. The summed E-state index contributed by atoms with van der Waals surface area (Å²) in [5, 5.41) is 7.69. The zero-order chi connectivity index (χ0) is 18.7. The number of nitrogens with one attached hydrogen (secondary N) is 1. The summed E-state index contributed by atoms with van der Waals surface area (Å²) in [6.45, 7) is 0. The van der Waals surface area contributed by atoms with Gasteiger partial charge in [0.25, 0.3) is 5.56 Å². The van der Waals surface area contributed by atoms with Gasteiger partial charge >= 0.3 is 0 Å². The smallest absolute Gasteiger partial charge is 0.264 e. The third kappa shape index (κ3) is 2.18. The first-order valence-corrected chi connectivity index (χ1v) is 10.2. The van der Waals surface area contributed by atoms with Crippen LogP contribution in [0.5, 0.6) is 0 Å². The Bertz CT molecular complexity index is 1400. The van der Waals surface area contributed by atoms with Gasteiger partial charge in [-0.1, -0.05) is 43.5 Å². The minimum atomic E-state index is 0.0108. The summed E-state index contributed by atoms with van der Waals surface area (Å²) in [5.74, 6) is 0. The van der Waals surface area contributed by atoms with Crippen molar-refractivity contribution in [3.63, 3.8) is 0 Å². The van der Waals surface area contributed by atoms with Crippen molar-refractivity contribution in [3.8, 4) is 0 Å². The Hall–Kier alpha value is -3.14. The third-order valence-electron chi connectivity index (χ3n) is 6.24. The van der Waals surface area contributed by atoms with Crippen molar-refractivity contribution in [2.45, 2.75) is 38.1 Å². The summed E-state index contributed by atoms with van der Waals surface area (Å²) in [7, 11) is 0. The minimum absolute atomic E-state index is 0.0108. The van der Waals surface area contributed by atoms with Crippen LogP contribution < -0.4 is 10.9 Å². The Morgan fingerprint density at radius 2 is 1.68 bits per heavy atom. The summed E-state index contributed by atoms with van der Waals surface area (Å²) in [5.41, 5.74) is 3.62. The van der Waals surface area contributed by atoms with E-state index in [-0.39, 0.29) is 5.56 Å². The molecular weight excluding hydrogens is 346 g/mol. The van der Waals surface area contributed by atoms with Crippen molar-refractivity contribution < 1.29 is 0 Å². The molecule has 1 aliphatic carbocycles. The number of para-hydroxylation sites is 2. The largest absolute Gasteiger partial charge is 0.382 e. The number of benzene rings is 3. The molecule has 0 spiro atoms. The molecule has 4 heteroatoms. The number of pyridine rings is 1. The Kier molecular flexibility index (Phi) is 3.36. The second-order valence-electron chi connectivity index (χ2n) is 7.93. The first kappa shape index (κ1) is 15.9. The molecule has 2 aromatic heterocycles. The number of rotatable bonds is 2. The van der Waals surface area contributed by atoms with Gasteiger partial charge in [-0.05, 0) is 43.2 Å². The lowest BCUT2D eigenvalue weighted by Crippen LogP contribution is -2.22. The fourth-order valence-electron chi connectivity index (χ4n) is 4.90. The van der Waals surface area contributed by atoms with Gasteiger partial charge in [-0.3, -0.25) is 9.20 Å². The zero-order valence-corrected chi connectivity index (χ0v) is 15.6. The van der Waals surface area contributed by atoms with Gasteiger partial charge in [0.1, 0.15) is 5.65 Å². The lowest BCUT2D eigenvalue weighted by Gasteiger charge is -2.25. The normalized spacial score (nSPS) is 15.9. The maximum atomic E-state index is 13.4. The molecule has 0 aliphatic heterocycles. The topological polar surface area (TPSA) is 46.4 Å². The molecule has 2 heterocycles. The van der Waals surface area contributed by atoms with Crippen LogP contribution in [0.3, 0.4) is 0 Å². The Balaban J connectivity index is 1.68. The van der Waals surface area contributed by atoms with Crippen molar-refractivity contribution in [1.82, 2.24) is 9.38 Å². The highest BCUT2D eigenvalue weighted by Gasteiger charge is 2.19. The number of hydrogen-bond acceptors (Lipinski definition) is 3. The van der Waals surface area contributed by atoms with Gasteiger partial charge in [0, 0.05) is 33.3 Å². The van der Waals surface area contributed by atoms with E-state index in [1.165, 1.54) is 32.1 Å². The van der Waals surface area contributed by atoms with Crippen LogP contribution in [0.4, 0.5) is 5.69 Å². The number of imidazole rings is 1. The van der Waals surface area contributed by atoms with Gasteiger partial charge in [-0.2, -0.15) is 0 Å². The number of nitrogens with zero attached hydrogens (tertiary/aromatic N) is 2. The highest BCUT2D eigenvalue weighted by molar-refractivity contribution is 6.18. The van der Waals surface area contributed by atoms with E-state index in [9.17, 15) is 4.79 Å². The Morgan fingerprint density at radius 3 is 2.57 bits per heavy atom. The van der Waals surface area contributed by atoms with Crippen LogP contribution in [0.25, 0.3) is 38.2 Å². The van der Waals surface area contributed by atoms with Gasteiger partial charge in [-0.15, -0.1) is 0 Å². The predicted octanol–water partition coefficient (Wildman–Crippen LogP) is 5.34. The Morgan fingerprint density at radius 1 is 0.857 bits per heavy atom. The number of hydrogen-bond donors (Lipinski definition) is 1. The molecule has 1 fully saturated rings. The van der Waals surface area contributed by atoms with E-state index in [2.05, 4.69) is 23.5 Å². The van der Waals surface area contributed by atoms with E-state index in [0.717, 1.165) is 43.9 Å². The average molecular weight is 367 g/mol.